The molecule has 7 nitrogen and oxygen atoms in total. The van der Waals surface area contributed by atoms with Crippen LogP contribution in [0.5, 0.6) is 0 Å². The zero-order valence-corrected chi connectivity index (χ0v) is 33.5. The molecule has 0 aliphatic carbocycles. The molecule has 0 saturated carbocycles. The van der Waals surface area contributed by atoms with Crippen LogP contribution in [0.25, 0.3) is 0 Å². The molecule has 0 saturated heterocycles. The van der Waals surface area contributed by atoms with Gasteiger partial charge in [0, 0.05) is 33.5 Å². The molecule has 2 unspecified atom stereocenters. The molecule has 8 heteroatoms. The number of rotatable bonds is 40. The smallest absolute Gasteiger partial charge is 0.207 e. The first-order chi connectivity index (χ1) is 23.7. The van der Waals surface area contributed by atoms with Gasteiger partial charge in [0.05, 0.1) is 31.7 Å². The number of ether oxygens (including phenoxy) is 4. The highest BCUT2D eigenvalue weighted by Crippen LogP contribution is 2.14. The van der Waals surface area contributed by atoms with Crippen molar-refractivity contribution in [2.75, 3.05) is 59.9 Å². The van der Waals surface area contributed by atoms with E-state index in [4.69, 9.17) is 23.1 Å². The maximum Gasteiger partial charge on any atom is 0.207 e. The lowest BCUT2D eigenvalue weighted by Crippen LogP contribution is -2.26. The van der Waals surface area contributed by atoms with Crippen LogP contribution < -0.4 is 5.32 Å². The average molecular weight is 706 g/mol. The van der Waals surface area contributed by atoms with E-state index in [1.807, 2.05) is 13.8 Å². The zero-order chi connectivity index (χ0) is 35.4. The summed E-state index contributed by atoms with van der Waals surface area (Å²) in [5.41, 5.74) is 0. The number of carbonyl (C=O) groups excluding carboxylic acids is 1. The molecule has 0 aromatic carbocycles. The number of methoxy groups -OCH3 is 1. The second kappa shape index (κ2) is 46.6. The fourth-order valence-corrected chi connectivity index (χ4v) is 5.98. The SMILES string of the molecule is CCCCCCCCCCCCCCOCC(COC)OCCCCCCCCCCCCCC.CCOCC(C)SOCCNC=O. The first-order valence-electron chi connectivity index (χ1n) is 20.4. The van der Waals surface area contributed by atoms with E-state index < -0.39 is 0 Å². The Kier molecular flexibility index (Phi) is 48.3. The van der Waals surface area contributed by atoms with E-state index >= 15 is 0 Å². The van der Waals surface area contributed by atoms with Gasteiger partial charge in [-0.05, 0) is 38.7 Å². The van der Waals surface area contributed by atoms with Gasteiger partial charge in [0.1, 0.15) is 6.10 Å². The molecule has 0 radical (unpaired) electrons. The minimum atomic E-state index is 0.0880. The maximum atomic E-state index is 9.85. The number of amides is 1. The van der Waals surface area contributed by atoms with Gasteiger partial charge in [-0.25, -0.2) is 0 Å². The van der Waals surface area contributed by atoms with Gasteiger partial charge in [-0.2, -0.15) is 0 Å². The van der Waals surface area contributed by atoms with Crippen LogP contribution in [0.4, 0.5) is 0 Å². The van der Waals surface area contributed by atoms with Gasteiger partial charge in [0.25, 0.3) is 0 Å². The minimum absolute atomic E-state index is 0.0880. The van der Waals surface area contributed by atoms with Crippen LogP contribution in [0.3, 0.4) is 0 Å². The number of carbonyl (C=O) groups is 1. The van der Waals surface area contributed by atoms with E-state index in [9.17, 15) is 4.79 Å². The molecule has 0 fully saturated rings. The van der Waals surface area contributed by atoms with Crippen LogP contribution in [0.2, 0.25) is 0 Å². The topological polar surface area (TPSA) is 75.2 Å². The fourth-order valence-electron chi connectivity index (χ4n) is 5.42. The predicted molar refractivity (Wildman–Crippen MR) is 208 cm³/mol. The van der Waals surface area contributed by atoms with Crippen molar-refractivity contribution in [3.8, 4) is 0 Å². The van der Waals surface area contributed by atoms with E-state index in [1.165, 1.54) is 160 Å². The summed E-state index contributed by atoms with van der Waals surface area (Å²) in [4.78, 5) is 9.85. The molecule has 0 aromatic heterocycles. The Morgan fingerprint density at radius 1 is 0.562 bits per heavy atom. The molecule has 1 amide bonds. The summed E-state index contributed by atoms with van der Waals surface area (Å²) in [6.07, 6.45) is 33.9. The maximum absolute atomic E-state index is 9.85. The molecular formula is C40H83NO6S. The summed E-state index contributed by atoms with van der Waals surface area (Å²) in [5.74, 6) is 0. The normalized spacial score (nSPS) is 12.4. The fraction of sp³-hybridized carbons (Fsp3) is 0.975. The highest BCUT2D eigenvalue weighted by Gasteiger charge is 2.09. The minimum Gasteiger partial charge on any atom is -0.382 e. The standard InChI is InChI=1S/C32H66O3.C8H17NO3S/c1-4-6-8-10-12-14-16-18-20-22-24-26-28-34-31-32(30-33-3)35-29-27-25-23-21-19-17-15-13-11-9-7-5-2;1-3-11-6-8(2)13-12-5-4-9-7-10/h32H,4-31H2,1-3H3;7-8H,3-6H2,1-2H3,(H,9,10). The Hall–Kier alpha value is -0.380. The van der Waals surface area contributed by atoms with Crippen LogP contribution in [0.15, 0.2) is 0 Å². The third-order valence-electron chi connectivity index (χ3n) is 8.35. The Morgan fingerprint density at radius 2 is 1.02 bits per heavy atom. The Bertz CT molecular complexity index is 574. The molecule has 0 rings (SSSR count). The van der Waals surface area contributed by atoms with Crippen molar-refractivity contribution in [3.63, 3.8) is 0 Å². The largest absolute Gasteiger partial charge is 0.382 e. The number of unbranched alkanes of at least 4 members (excludes halogenated alkanes) is 22. The molecule has 1 N–H and O–H groups in total. The van der Waals surface area contributed by atoms with Crippen LogP contribution in [-0.2, 0) is 27.9 Å². The van der Waals surface area contributed by atoms with Crippen LogP contribution in [-0.4, -0.2) is 77.7 Å². The lowest BCUT2D eigenvalue weighted by molar-refractivity contribution is -0.109. The molecule has 0 aliphatic heterocycles. The third-order valence-corrected chi connectivity index (χ3v) is 9.12. The van der Waals surface area contributed by atoms with Gasteiger partial charge < -0.3 is 28.4 Å². The lowest BCUT2D eigenvalue weighted by atomic mass is 10.1. The molecule has 290 valence electrons. The summed E-state index contributed by atoms with van der Waals surface area (Å²) < 4.78 is 27.7. The molecule has 0 aliphatic rings. The van der Waals surface area contributed by atoms with Crippen molar-refractivity contribution in [3.05, 3.63) is 0 Å². The predicted octanol–water partition coefficient (Wildman–Crippen LogP) is 11.3. The van der Waals surface area contributed by atoms with E-state index in [0.29, 0.717) is 44.6 Å². The monoisotopic (exact) mass is 706 g/mol. The quantitative estimate of drug-likeness (QED) is 0.0386. The van der Waals surface area contributed by atoms with Crippen LogP contribution in [0.1, 0.15) is 182 Å². The van der Waals surface area contributed by atoms with Gasteiger partial charge in [-0.15, -0.1) is 0 Å². The molecule has 0 bridgehead atoms. The van der Waals surface area contributed by atoms with Crippen molar-refractivity contribution < 1.29 is 27.9 Å². The molecular weight excluding hydrogens is 623 g/mol. The first-order valence-corrected chi connectivity index (χ1v) is 21.2. The molecule has 0 heterocycles. The second-order valence-electron chi connectivity index (χ2n) is 13.3. The summed E-state index contributed by atoms with van der Waals surface area (Å²) >= 11 is 1.39. The van der Waals surface area contributed by atoms with Gasteiger partial charge in [0.15, 0.2) is 0 Å². The van der Waals surface area contributed by atoms with E-state index in [2.05, 4.69) is 19.2 Å². The number of nitrogens with one attached hydrogen (secondary N) is 1. The summed E-state index contributed by atoms with van der Waals surface area (Å²) in [6.45, 7) is 14.1. The molecule has 48 heavy (non-hydrogen) atoms. The summed E-state index contributed by atoms with van der Waals surface area (Å²) in [5, 5.41) is 2.84. The Morgan fingerprint density at radius 3 is 1.46 bits per heavy atom. The van der Waals surface area contributed by atoms with Gasteiger partial charge in [0.2, 0.25) is 6.41 Å². The van der Waals surface area contributed by atoms with Crippen molar-refractivity contribution in [2.24, 2.45) is 0 Å². The zero-order valence-electron chi connectivity index (χ0n) is 32.7. The highest BCUT2D eigenvalue weighted by atomic mass is 32.2. The van der Waals surface area contributed by atoms with E-state index in [0.717, 1.165) is 26.2 Å². The Labute approximate surface area is 304 Å². The van der Waals surface area contributed by atoms with Crippen molar-refractivity contribution in [1.82, 2.24) is 5.32 Å². The van der Waals surface area contributed by atoms with Gasteiger partial charge in [-0.3, -0.25) is 4.79 Å². The molecule has 0 aromatic rings. The first kappa shape index (κ1) is 49.7. The van der Waals surface area contributed by atoms with Gasteiger partial charge >= 0.3 is 0 Å². The summed E-state index contributed by atoms with van der Waals surface area (Å²) in [7, 11) is 1.76. The van der Waals surface area contributed by atoms with Crippen molar-refractivity contribution >= 4 is 18.5 Å². The van der Waals surface area contributed by atoms with Crippen LogP contribution in [0, 0.1) is 0 Å². The highest BCUT2D eigenvalue weighted by molar-refractivity contribution is 7.95. The molecule has 2 atom stereocenters. The number of hydrogen-bond acceptors (Lipinski definition) is 7. The average Bonchev–Trinajstić information content (AvgIpc) is 3.09. The van der Waals surface area contributed by atoms with E-state index in [-0.39, 0.29) is 6.10 Å². The van der Waals surface area contributed by atoms with Crippen LogP contribution >= 0.6 is 12.0 Å². The molecule has 0 spiro atoms. The van der Waals surface area contributed by atoms with Crippen molar-refractivity contribution in [1.29, 1.82) is 0 Å². The second-order valence-corrected chi connectivity index (χ2v) is 14.5. The lowest BCUT2D eigenvalue weighted by Gasteiger charge is -2.17. The van der Waals surface area contributed by atoms with E-state index in [1.54, 1.807) is 7.11 Å². The van der Waals surface area contributed by atoms with Crippen molar-refractivity contribution in [2.45, 2.75) is 193 Å². The third kappa shape index (κ3) is 45.6. The number of hydrogen-bond donors (Lipinski definition) is 1. The van der Waals surface area contributed by atoms with Gasteiger partial charge in [-0.1, -0.05) is 155 Å². The Balaban J connectivity index is 0. The summed E-state index contributed by atoms with van der Waals surface area (Å²) in [6, 6.07) is 0.